The largest absolute Gasteiger partial charge is 0.478 e. The first-order valence-electron chi connectivity index (χ1n) is 7.09. The van der Waals surface area contributed by atoms with Crippen LogP contribution in [0.4, 0.5) is 5.82 Å². The molecule has 1 saturated carbocycles. The minimum absolute atomic E-state index is 0. The van der Waals surface area contributed by atoms with Crippen LogP contribution in [0.3, 0.4) is 0 Å². The molecule has 0 spiro atoms. The Balaban J connectivity index is 0.00000161. The van der Waals surface area contributed by atoms with Gasteiger partial charge in [-0.2, -0.15) is 0 Å². The number of nitrogens with one attached hydrogen (secondary N) is 1. The number of hydrogen-bond acceptors (Lipinski definition) is 5. The van der Waals surface area contributed by atoms with Crippen LogP contribution in [0.15, 0.2) is 24.3 Å². The predicted octanol–water partition coefficient (Wildman–Crippen LogP) is 2.74. The lowest BCUT2D eigenvalue weighted by Crippen LogP contribution is -2.33. The van der Waals surface area contributed by atoms with Crippen molar-refractivity contribution in [3.63, 3.8) is 0 Å². The topological polar surface area (TPSA) is 73.1 Å². The van der Waals surface area contributed by atoms with E-state index in [9.17, 15) is 0 Å². The Morgan fingerprint density at radius 3 is 2.33 bits per heavy atom. The zero-order valence-electron chi connectivity index (χ0n) is 12.1. The molecule has 0 atom stereocenters. The first-order chi connectivity index (χ1) is 9.76. The molecular formula is C15H21ClN4O. The maximum Gasteiger partial charge on any atom is 0.257 e. The summed E-state index contributed by atoms with van der Waals surface area (Å²) in [6.45, 7) is 0. The number of anilines is 1. The van der Waals surface area contributed by atoms with Crippen molar-refractivity contribution in [2.75, 3.05) is 12.4 Å². The summed E-state index contributed by atoms with van der Waals surface area (Å²) < 4.78 is 5.36. The number of nitrogens with zero attached hydrogens (tertiary/aromatic N) is 2. The molecule has 1 aromatic carbocycles. The molecule has 1 aliphatic carbocycles. The molecule has 1 heterocycles. The monoisotopic (exact) mass is 308 g/mol. The van der Waals surface area contributed by atoms with Crippen LogP contribution in [0.1, 0.15) is 25.7 Å². The van der Waals surface area contributed by atoms with Crippen molar-refractivity contribution in [3.8, 4) is 5.88 Å². The van der Waals surface area contributed by atoms with Gasteiger partial charge in [-0.3, -0.25) is 0 Å². The fourth-order valence-electron chi connectivity index (χ4n) is 2.68. The van der Waals surface area contributed by atoms with Crippen LogP contribution in [0.25, 0.3) is 11.0 Å². The highest BCUT2D eigenvalue weighted by molar-refractivity contribution is 5.85. The number of hydrogen-bond donors (Lipinski definition) is 2. The van der Waals surface area contributed by atoms with Gasteiger partial charge in [0.05, 0.1) is 18.1 Å². The Labute approximate surface area is 130 Å². The van der Waals surface area contributed by atoms with Crippen molar-refractivity contribution < 1.29 is 4.74 Å². The average Bonchev–Trinajstić information content (AvgIpc) is 2.49. The SMILES string of the molecule is COc1nc2ccccc2nc1NC1CCC(N)CC1.Cl. The lowest BCUT2D eigenvalue weighted by Gasteiger charge is -2.27. The molecule has 0 unspecified atom stereocenters. The van der Waals surface area contributed by atoms with Crippen LogP contribution in [0, 0.1) is 0 Å². The third kappa shape index (κ3) is 3.54. The molecule has 0 radical (unpaired) electrons. The van der Waals surface area contributed by atoms with Gasteiger partial charge in [0.15, 0.2) is 5.82 Å². The van der Waals surface area contributed by atoms with Crippen molar-refractivity contribution in [2.24, 2.45) is 5.73 Å². The van der Waals surface area contributed by atoms with Gasteiger partial charge in [-0.1, -0.05) is 12.1 Å². The molecule has 0 amide bonds. The normalized spacial score (nSPS) is 21.6. The Morgan fingerprint density at radius 2 is 1.71 bits per heavy atom. The number of fused-ring (bicyclic) bond motifs is 1. The van der Waals surface area contributed by atoms with Crippen LogP contribution in [-0.4, -0.2) is 29.2 Å². The third-order valence-electron chi connectivity index (χ3n) is 3.84. The Kier molecular flexibility index (Phi) is 5.20. The smallest absolute Gasteiger partial charge is 0.257 e. The quantitative estimate of drug-likeness (QED) is 0.912. The molecule has 0 saturated heterocycles. The second-order valence-electron chi connectivity index (χ2n) is 5.33. The summed E-state index contributed by atoms with van der Waals surface area (Å²) in [5, 5.41) is 3.46. The van der Waals surface area contributed by atoms with Crippen LogP contribution in [0.2, 0.25) is 0 Å². The maximum absolute atomic E-state index is 5.94. The lowest BCUT2D eigenvalue weighted by molar-refractivity contribution is 0.391. The van der Waals surface area contributed by atoms with E-state index in [-0.39, 0.29) is 12.4 Å². The molecule has 5 nitrogen and oxygen atoms in total. The molecule has 114 valence electrons. The summed E-state index contributed by atoms with van der Waals surface area (Å²) in [6.07, 6.45) is 4.25. The average molecular weight is 309 g/mol. The molecular weight excluding hydrogens is 288 g/mol. The summed E-state index contributed by atoms with van der Waals surface area (Å²) in [5.74, 6) is 1.28. The molecule has 1 fully saturated rings. The fraction of sp³-hybridized carbons (Fsp3) is 0.467. The van der Waals surface area contributed by atoms with E-state index in [1.165, 1.54) is 0 Å². The molecule has 1 aromatic heterocycles. The van der Waals surface area contributed by atoms with Crippen molar-refractivity contribution in [2.45, 2.75) is 37.8 Å². The van der Waals surface area contributed by atoms with Crippen molar-refractivity contribution in [1.29, 1.82) is 0 Å². The van der Waals surface area contributed by atoms with Crippen LogP contribution >= 0.6 is 12.4 Å². The Hall–Kier alpha value is -1.59. The van der Waals surface area contributed by atoms with E-state index < -0.39 is 0 Å². The zero-order chi connectivity index (χ0) is 13.9. The standard InChI is InChI=1S/C15H20N4O.ClH/c1-20-15-14(17-11-8-6-10(16)7-9-11)18-12-4-2-3-5-13(12)19-15;/h2-5,10-11H,6-9,16H2,1H3,(H,17,18);1H. The molecule has 1 aliphatic rings. The summed E-state index contributed by atoms with van der Waals surface area (Å²) in [4.78, 5) is 9.13. The van der Waals surface area contributed by atoms with E-state index in [0.29, 0.717) is 18.0 Å². The van der Waals surface area contributed by atoms with Crippen molar-refractivity contribution in [3.05, 3.63) is 24.3 Å². The number of rotatable bonds is 3. The summed E-state index contributed by atoms with van der Waals surface area (Å²) in [5.41, 5.74) is 7.67. The van der Waals surface area contributed by atoms with E-state index >= 15 is 0 Å². The second-order valence-corrected chi connectivity index (χ2v) is 5.33. The lowest BCUT2D eigenvalue weighted by atomic mass is 9.92. The zero-order valence-corrected chi connectivity index (χ0v) is 12.9. The van der Waals surface area contributed by atoms with E-state index in [2.05, 4.69) is 15.3 Å². The van der Waals surface area contributed by atoms with Crippen molar-refractivity contribution >= 4 is 29.3 Å². The van der Waals surface area contributed by atoms with Gasteiger partial charge in [0, 0.05) is 12.1 Å². The molecule has 21 heavy (non-hydrogen) atoms. The number of para-hydroxylation sites is 2. The number of ether oxygens (including phenoxy) is 1. The van der Waals surface area contributed by atoms with Gasteiger partial charge in [0.1, 0.15) is 0 Å². The Bertz CT molecular complexity index is 599. The highest BCUT2D eigenvalue weighted by Crippen LogP contribution is 2.27. The molecule has 2 aromatic rings. The number of aromatic nitrogens is 2. The highest BCUT2D eigenvalue weighted by atomic mass is 35.5. The third-order valence-corrected chi connectivity index (χ3v) is 3.84. The maximum atomic E-state index is 5.94. The Morgan fingerprint density at radius 1 is 1.10 bits per heavy atom. The van der Waals surface area contributed by atoms with Gasteiger partial charge in [0.2, 0.25) is 0 Å². The van der Waals surface area contributed by atoms with Crippen LogP contribution in [-0.2, 0) is 0 Å². The molecule has 6 heteroatoms. The van der Waals surface area contributed by atoms with E-state index in [0.717, 1.165) is 42.5 Å². The van der Waals surface area contributed by atoms with Gasteiger partial charge in [-0.05, 0) is 37.8 Å². The van der Waals surface area contributed by atoms with Gasteiger partial charge >= 0.3 is 0 Å². The number of halogens is 1. The second kappa shape index (κ2) is 6.91. The summed E-state index contributed by atoms with van der Waals surface area (Å²) in [6, 6.07) is 8.56. The van der Waals surface area contributed by atoms with Gasteiger partial charge in [-0.15, -0.1) is 12.4 Å². The van der Waals surface area contributed by atoms with Crippen molar-refractivity contribution in [1.82, 2.24) is 9.97 Å². The molecule has 0 bridgehead atoms. The van der Waals surface area contributed by atoms with Crippen LogP contribution in [0.5, 0.6) is 5.88 Å². The number of nitrogens with two attached hydrogens (primary N) is 1. The molecule has 3 rings (SSSR count). The number of benzene rings is 1. The highest BCUT2D eigenvalue weighted by Gasteiger charge is 2.20. The first-order valence-corrected chi connectivity index (χ1v) is 7.09. The first kappa shape index (κ1) is 15.8. The summed E-state index contributed by atoms with van der Waals surface area (Å²) in [7, 11) is 1.63. The van der Waals surface area contributed by atoms with Gasteiger partial charge < -0.3 is 15.8 Å². The van der Waals surface area contributed by atoms with Gasteiger partial charge in [0.25, 0.3) is 5.88 Å². The minimum atomic E-state index is 0. The minimum Gasteiger partial charge on any atom is -0.478 e. The molecule has 3 N–H and O–H groups in total. The molecule has 0 aliphatic heterocycles. The van der Waals surface area contributed by atoms with E-state index in [1.807, 2.05) is 24.3 Å². The number of methoxy groups -OCH3 is 1. The van der Waals surface area contributed by atoms with Gasteiger partial charge in [-0.25, -0.2) is 9.97 Å². The predicted molar refractivity (Wildman–Crippen MR) is 87.2 cm³/mol. The van der Waals surface area contributed by atoms with E-state index in [4.69, 9.17) is 10.5 Å². The fourth-order valence-corrected chi connectivity index (χ4v) is 2.68. The van der Waals surface area contributed by atoms with Crippen LogP contribution < -0.4 is 15.8 Å². The van der Waals surface area contributed by atoms with E-state index in [1.54, 1.807) is 7.11 Å². The summed E-state index contributed by atoms with van der Waals surface area (Å²) >= 11 is 0.